The van der Waals surface area contributed by atoms with Crippen LogP contribution in [0.15, 0.2) is 6.20 Å². The van der Waals surface area contributed by atoms with Gasteiger partial charge in [0.1, 0.15) is 0 Å². The Morgan fingerprint density at radius 1 is 1.48 bits per heavy atom. The van der Waals surface area contributed by atoms with Crippen LogP contribution < -0.4 is 11.1 Å². The Hall–Kier alpha value is -1.41. The molecule has 2 aliphatic rings. The Balaban J connectivity index is 1.86. The number of carbonyl (C=O) groups is 2. The molecule has 2 saturated carbocycles. The van der Waals surface area contributed by atoms with Crippen LogP contribution >= 0.6 is 23.4 Å². The van der Waals surface area contributed by atoms with E-state index in [2.05, 4.69) is 15.3 Å². The zero-order chi connectivity index (χ0) is 16.7. The average molecular weight is 359 g/mol. The van der Waals surface area contributed by atoms with E-state index in [0.717, 1.165) is 19.0 Å². The lowest BCUT2D eigenvalue weighted by Crippen LogP contribution is -2.46. The molecule has 3 N–H and O–H groups in total. The number of primary amides is 1. The van der Waals surface area contributed by atoms with Gasteiger partial charge in [0, 0.05) is 18.2 Å². The summed E-state index contributed by atoms with van der Waals surface area (Å²) in [4.78, 5) is 30.6. The molecular formula is C14H16ClFN4O2S. The maximum atomic E-state index is 13.9. The SMILES string of the molecule is CC(=O)S[C@@H]1C[C@H]2C[C@H]1[C@@H](Nc1nc(Cl)ncc1F)[C@H]2C(N)=O. The number of nitrogens with one attached hydrogen (secondary N) is 1. The van der Waals surface area contributed by atoms with Crippen LogP contribution in [0.1, 0.15) is 19.8 Å². The Morgan fingerprint density at radius 2 is 2.22 bits per heavy atom. The van der Waals surface area contributed by atoms with E-state index in [9.17, 15) is 14.0 Å². The molecule has 9 heteroatoms. The van der Waals surface area contributed by atoms with Gasteiger partial charge in [-0.2, -0.15) is 4.98 Å². The first-order chi connectivity index (χ1) is 10.9. The number of thioether (sulfide) groups is 1. The summed E-state index contributed by atoms with van der Waals surface area (Å²) in [6, 6.07) is -0.358. The number of anilines is 1. The van der Waals surface area contributed by atoms with Crippen molar-refractivity contribution in [2.45, 2.75) is 31.1 Å². The fourth-order valence-corrected chi connectivity index (χ4v) is 5.22. The van der Waals surface area contributed by atoms with Crippen LogP contribution in [0.25, 0.3) is 0 Å². The zero-order valence-electron chi connectivity index (χ0n) is 12.3. The summed E-state index contributed by atoms with van der Waals surface area (Å²) in [7, 11) is 0. The fourth-order valence-electron chi connectivity index (χ4n) is 3.86. The number of fused-ring (bicyclic) bond motifs is 2. The van der Waals surface area contributed by atoms with Gasteiger partial charge in [-0.05, 0) is 36.3 Å². The summed E-state index contributed by atoms with van der Waals surface area (Å²) in [6.45, 7) is 1.52. The second-order valence-electron chi connectivity index (χ2n) is 5.98. The number of amides is 1. The van der Waals surface area contributed by atoms with Crippen molar-refractivity contribution >= 4 is 40.2 Å². The molecule has 2 fully saturated rings. The van der Waals surface area contributed by atoms with Crippen LogP contribution in [0.3, 0.4) is 0 Å². The minimum Gasteiger partial charge on any atom is -0.369 e. The molecular weight excluding hydrogens is 343 g/mol. The third-order valence-electron chi connectivity index (χ3n) is 4.61. The van der Waals surface area contributed by atoms with Crippen LogP contribution in [-0.2, 0) is 9.59 Å². The van der Waals surface area contributed by atoms with Gasteiger partial charge in [-0.25, -0.2) is 9.37 Å². The van der Waals surface area contributed by atoms with Crippen molar-refractivity contribution in [1.82, 2.24) is 9.97 Å². The number of halogens is 2. The van der Waals surface area contributed by atoms with Gasteiger partial charge >= 0.3 is 0 Å². The maximum absolute atomic E-state index is 13.9. The summed E-state index contributed by atoms with van der Waals surface area (Å²) in [5.41, 5.74) is 5.54. The van der Waals surface area contributed by atoms with Crippen LogP contribution in [0.4, 0.5) is 10.2 Å². The highest BCUT2D eigenvalue weighted by atomic mass is 35.5. The Bertz CT molecular complexity index is 662. The van der Waals surface area contributed by atoms with E-state index in [4.69, 9.17) is 17.3 Å². The van der Waals surface area contributed by atoms with E-state index in [-0.39, 0.29) is 39.3 Å². The predicted molar refractivity (Wildman–Crippen MR) is 85.4 cm³/mol. The van der Waals surface area contributed by atoms with E-state index in [1.165, 1.54) is 18.7 Å². The summed E-state index contributed by atoms with van der Waals surface area (Å²) < 4.78 is 13.9. The fraction of sp³-hybridized carbons (Fsp3) is 0.571. The first-order valence-electron chi connectivity index (χ1n) is 7.28. The summed E-state index contributed by atoms with van der Waals surface area (Å²) in [6.07, 6.45) is 2.54. The topological polar surface area (TPSA) is 98.0 Å². The molecule has 5 atom stereocenters. The van der Waals surface area contributed by atoms with Gasteiger partial charge < -0.3 is 11.1 Å². The maximum Gasteiger partial charge on any atom is 0.224 e. The van der Waals surface area contributed by atoms with Crippen LogP contribution in [0.2, 0.25) is 5.28 Å². The van der Waals surface area contributed by atoms with Gasteiger partial charge in [-0.3, -0.25) is 9.59 Å². The lowest BCUT2D eigenvalue weighted by molar-refractivity contribution is -0.123. The molecule has 0 aromatic carbocycles. The summed E-state index contributed by atoms with van der Waals surface area (Å²) >= 11 is 6.99. The molecule has 124 valence electrons. The molecule has 0 aliphatic heterocycles. The number of rotatable bonds is 4. The molecule has 1 heterocycles. The van der Waals surface area contributed by atoms with Crippen molar-refractivity contribution in [3.63, 3.8) is 0 Å². The molecule has 0 unspecified atom stereocenters. The predicted octanol–water partition coefficient (Wildman–Crippen LogP) is 1.84. The minimum absolute atomic E-state index is 0.0354. The van der Waals surface area contributed by atoms with E-state index in [1.807, 2.05) is 0 Å². The molecule has 1 aromatic rings. The van der Waals surface area contributed by atoms with Crippen molar-refractivity contribution in [2.75, 3.05) is 5.32 Å². The van der Waals surface area contributed by atoms with Crippen molar-refractivity contribution < 1.29 is 14.0 Å². The molecule has 1 amide bonds. The number of nitrogens with zero attached hydrogens (tertiary/aromatic N) is 2. The van der Waals surface area contributed by atoms with Crippen LogP contribution in [0.5, 0.6) is 0 Å². The van der Waals surface area contributed by atoms with Gasteiger partial charge in [-0.15, -0.1) is 0 Å². The molecule has 3 rings (SSSR count). The lowest BCUT2D eigenvalue weighted by Gasteiger charge is -2.34. The van der Waals surface area contributed by atoms with Gasteiger partial charge in [0.05, 0.1) is 12.1 Å². The van der Waals surface area contributed by atoms with Crippen molar-refractivity contribution in [1.29, 1.82) is 0 Å². The summed E-state index contributed by atoms with van der Waals surface area (Å²) in [5, 5.41) is 3.04. The molecule has 0 radical (unpaired) electrons. The Morgan fingerprint density at radius 3 is 2.87 bits per heavy atom. The van der Waals surface area contributed by atoms with Gasteiger partial charge in [0.25, 0.3) is 0 Å². The molecule has 2 aliphatic carbocycles. The van der Waals surface area contributed by atoms with Gasteiger partial charge in [0.2, 0.25) is 11.2 Å². The highest BCUT2D eigenvalue weighted by molar-refractivity contribution is 8.14. The van der Waals surface area contributed by atoms with Gasteiger partial charge in [0.15, 0.2) is 16.8 Å². The molecule has 0 spiro atoms. The number of aromatic nitrogens is 2. The molecule has 2 bridgehead atoms. The summed E-state index contributed by atoms with van der Waals surface area (Å²) in [5.74, 6) is -1.35. The van der Waals surface area contributed by atoms with Gasteiger partial charge in [-0.1, -0.05) is 11.8 Å². The lowest BCUT2D eigenvalue weighted by atomic mass is 9.83. The molecule has 23 heavy (non-hydrogen) atoms. The van der Waals surface area contributed by atoms with Crippen LogP contribution in [-0.4, -0.2) is 32.3 Å². The van der Waals surface area contributed by atoms with E-state index in [1.54, 1.807) is 0 Å². The number of hydrogen-bond donors (Lipinski definition) is 2. The van der Waals surface area contributed by atoms with Crippen molar-refractivity contribution in [3.05, 3.63) is 17.3 Å². The Kier molecular flexibility index (Phi) is 4.46. The average Bonchev–Trinajstić information content (AvgIpc) is 2.99. The Labute approximate surface area is 141 Å². The zero-order valence-corrected chi connectivity index (χ0v) is 13.9. The number of carbonyl (C=O) groups excluding carboxylic acids is 2. The normalized spacial score (nSPS) is 32.0. The third kappa shape index (κ3) is 3.14. The molecule has 6 nitrogen and oxygen atoms in total. The standard InChI is InChI=1S/C14H16ClFN4O2S/c1-5(21)23-9-3-6-2-7(9)11(10(6)12(17)22)19-13-8(16)4-18-14(15)20-13/h4,6-7,9-11H,2-3H2,1H3,(H2,17,22)(H,18,19,20)/t6-,7-,9-,10+,11-/m1/s1. The second kappa shape index (κ2) is 6.24. The molecule has 1 aromatic heterocycles. The quantitative estimate of drug-likeness (QED) is 0.797. The first kappa shape index (κ1) is 16.4. The smallest absolute Gasteiger partial charge is 0.224 e. The monoisotopic (exact) mass is 358 g/mol. The number of nitrogens with two attached hydrogens (primary N) is 1. The highest BCUT2D eigenvalue weighted by Crippen LogP contribution is 2.53. The van der Waals surface area contributed by atoms with E-state index < -0.39 is 17.6 Å². The second-order valence-corrected chi connectivity index (χ2v) is 7.73. The first-order valence-corrected chi connectivity index (χ1v) is 8.53. The van der Waals surface area contributed by atoms with Crippen molar-refractivity contribution in [2.24, 2.45) is 23.5 Å². The van der Waals surface area contributed by atoms with Crippen molar-refractivity contribution in [3.8, 4) is 0 Å². The van der Waals surface area contributed by atoms with E-state index in [0.29, 0.717) is 0 Å². The highest BCUT2D eigenvalue weighted by Gasteiger charge is 2.55. The largest absolute Gasteiger partial charge is 0.369 e. The van der Waals surface area contributed by atoms with Crippen LogP contribution in [0, 0.1) is 23.6 Å². The van der Waals surface area contributed by atoms with E-state index >= 15 is 0 Å². The minimum atomic E-state index is -0.642. The number of hydrogen-bond acceptors (Lipinski definition) is 6. The third-order valence-corrected chi connectivity index (χ3v) is 5.97. The molecule has 0 saturated heterocycles.